The molecule has 0 aliphatic carbocycles. The Morgan fingerprint density at radius 1 is 1.00 bits per heavy atom. The van der Waals surface area contributed by atoms with Gasteiger partial charge in [-0.05, 0) is 68.5 Å². The molecule has 0 spiro atoms. The zero-order valence-corrected chi connectivity index (χ0v) is 14.6. The van der Waals surface area contributed by atoms with Gasteiger partial charge in [0, 0.05) is 0 Å². The van der Waals surface area contributed by atoms with Gasteiger partial charge in [0.15, 0.2) is 6.61 Å². The Morgan fingerprint density at radius 3 is 2.39 bits per heavy atom. The highest BCUT2D eigenvalue weighted by Gasteiger charge is 2.11. The van der Waals surface area contributed by atoms with E-state index in [-0.39, 0.29) is 18.6 Å². The summed E-state index contributed by atoms with van der Waals surface area (Å²) in [6.45, 7) is 10.2. The van der Waals surface area contributed by atoms with E-state index in [1.54, 1.807) is 0 Å². The monoisotopic (exact) mass is 311 g/mol. The van der Waals surface area contributed by atoms with Crippen LogP contribution >= 0.6 is 0 Å². The van der Waals surface area contributed by atoms with Crippen molar-refractivity contribution in [1.82, 2.24) is 5.32 Å². The first kappa shape index (κ1) is 17.1. The molecule has 3 heteroatoms. The van der Waals surface area contributed by atoms with Crippen LogP contribution in [-0.4, -0.2) is 12.5 Å². The van der Waals surface area contributed by atoms with E-state index in [1.807, 2.05) is 39.0 Å². The Bertz CT molecular complexity index is 707. The van der Waals surface area contributed by atoms with E-state index in [0.29, 0.717) is 0 Å². The molecule has 1 unspecified atom stereocenters. The van der Waals surface area contributed by atoms with Crippen LogP contribution in [0.3, 0.4) is 0 Å². The van der Waals surface area contributed by atoms with Crippen molar-refractivity contribution in [3.8, 4) is 5.75 Å². The second-order valence-corrected chi connectivity index (χ2v) is 6.19. The van der Waals surface area contributed by atoms with Crippen LogP contribution in [0, 0.1) is 27.7 Å². The van der Waals surface area contributed by atoms with Crippen LogP contribution in [0.5, 0.6) is 5.75 Å². The third kappa shape index (κ3) is 4.59. The van der Waals surface area contributed by atoms with Crippen LogP contribution in [0.4, 0.5) is 0 Å². The van der Waals surface area contributed by atoms with Crippen molar-refractivity contribution in [2.45, 2.75) is 40.7 Å². The number of hydrogen-bond donors (Lipinski definition) is 1. The maximum absolute atomic E-state index is 12.1. The van der Waals surface area contributed by atoms with E-state index in [2.05, 4.69) is 37.4 Å². The average molecular weight is 311 g/mol. The Balaban J connectivity index is 1.93. The lowest BCUT2D eigenvalue weighted by molar-refractivity contribution is -0.123. The molecule has 0 heterocycles. The molecule has 0 bridgehead atoms. The molecular weight excluding hydrogens is 286 g/mol. The molecule has 0 saturated carbocycles. The fourth-order valence-corrected chi connectivity index (χ4v) is 2.41. The van der Waals surface area contributed by atoms with Gasteiger partial charge in [-0.25, -0.2) is 0 Å². The zero-order chi connectivity index (χ0) is 17.0. The summed E-state index contributed by atoms with van der Waals surface area (Å²) in [4.78, 5) is 12.1. The fourth-order valence-electron chi connectivity index (χ4n) is 2.41. The van der Waals surface area contributed by atoms with Gasteiger partial charge in [0.1, 0.15) is 5.75 Å². The number of benzene rings is 2. The highest BCUT2D eigenvalue weighted by atomic mass is 16.5. The molecule has 0 aromatic heterocycles. The van der Waals surface area contributed by atoms with Crippen LogP contribution in [0.2, 0.25) is 0 Å². The Kier molecular flexibility index (Phi) is 5.43. The van der Waals surface area contributed by atoms with Gasteiger partial charge < -0.3 is 10.1 Å². The number of ether oxygens (including phenoxy) is 1. The number of rotatable bonds is 5. The molecule has 1 atom stereocenters. The molecule has 2 rings (SSSR count). The Hall–Kier alpha value is -2.29. The van der Waals surface area contributed by atoms with Crippen LogP contribution in [0.15, 0.2) is 36.4 Å². The Morgan fingerprint density at radius 2 is 1.70 bits per heavy atom. The van der Waals surface area contributed by atoms with E-state index < -0.39 is 0 Å². The standard InChI is InChI=1S/C20H25NO2/c1-13-6-7-15(3)19(10-13)23-12-20(22)21-17(5)18-9-8-14(2)16(4)11-18/h6-11,17H,12H2,1-5H3,(H,21,22). The molecule has 122 valence electrons. The van der Waals surface area contributed by atoms with Crippen LogP contribution in [-0.2, 0) is 4.79 Å². The van der Waals surface area contributed by atoms with Crippen molar-refractivity contribution in [3.63, 3.8) is 0 Å². The summed E-state index contributed by atoms with van der Waals surface area (Å²) in [5, 5.41) is 2.98. The summed E-state index contributed by atoms with van der Waals surface area (Å²) in [5.41, 5.74) is 5.74. The van der Waals surface area contributed by atoms with Crippen molar-refractivity contribution in [2.24, 2.45) is 0 Å². The molecule has 0 aliphatic heterocycles. The molecular formula is C20H25NO2. The van der Waals surface area contributed by atoms with E-state index in [4.69, 9.17) is 4.74 Å². The van der Waals surface area contributed by atoms with Gasteiger partial charge in [-0.3, -0.25) is 4.79 Å². The quantitative estimate of drug-likeness (QED) is 0.899. The van der Waals surface area contributed by atoms with E-state index >= 15 is 0 Å². The zero-order valence-electron chi connectivity index (χ0n) is 14.6. The minimum atomic E-state index is -0.114. The molecule has 2 aromatic carbocycles. The molecule has 0 aliphatic rings. The minimum Gasteiger partial charge on any atom is -0.483 e. The lowest BCUT2D eigenvalue weighted by Gasteiger charge is -2.16. The van der Waals surface area contributed by atoms with E-state index in [1.165, 1.54) is 11.1 Å². The van der Waals surface area contributed by atoms with Gasteiger partial charge in [0.25, 0.3) is 5.91 Å². The number of nitrogens with one attached hydrogen (secondary N) is 1. The van der Waals surface area contributed by atoms with Crippen molar-refractivity contribution in [2.75, 3.05) is 6.61 Å². The lowest BCUT2D eigenvalue weighted by atomic mass is 10.0. The third-order valence-electron chi connectivity index (χ3n) is 4.11. The van der Waals surface area contributed by atoms with Gasteiger partial charge in [0.05, 0.1) is 6.04 Å². The first-order chi connectivity index (χ1) is 10.9. The third-order valence-corrected chi connectivity index (χ3v) is 4.11. The predicted octanol–water partition coefficient (Wildman–Crippen LogP) is 4.18. The highest BCUT2D eigenvalue weighted by Crippen LogP contribution is 2.19. The molecule has 23 heavy (non-hydrogen) atoms. The van der Waals surface area contributed by atoms with Crippen molar-refractivity contribution in [1.29, 1.82) is 0 Å². The number of carbonyl (C=O) groups is 1. The maximum atomic E-state index is 12.1. The molecule has 2 aromatic rings. The van der Waals surface area contributed by atoms with Crippen LogP contribution in [0.25, 0.3) is 0 Å². The number of carbonyl (C=O) groups excluding carboxylic acids is 1. The van der Waals surface area contributed by atoms with Crippen LogP contribution < -0.4 is 10.1 Å². The topological polar surface area (TPSA) is 38.3 Å². The van der Waals surface area contributed by atoms with E-state index in [0.717, 1.165) is 22.4 Å². The normalized spacial score (nSPS) is 11.9. The molecule has 1 amide bonds. The second-order valence-electron chi connectivity index (χ2n) is 6.19. The van der Waals surface area contributed by atoms with Crippen molar-refractivity contribution >= 4 is 5.91 Å². The first-order valence-corrected chi connectivity index (χ1v) is 7.93. The first-order valence-electron chi connectivity index (χ1n) is 7.93. The smallest absolute Gasteiger partial charge is 0.258 e. The van der Waals surface area contributed by atoms with Gasteiger partial charge in [0.2, 0.25) is 0 Å². The largest absolute Gasteiger partial charge is 0.483 e. The van der Waals surface area contributed by atoms with Crippen molar-refractivity contribution in [3.05, 3.63) is 64.2 Å². The predicted molar refractivity (Wildman–Crippen MR) is 93.9 cm³/mol. The van der Waals surface area contributed by atoms with Gasteiger partial charge in [-0.2, -0.15) is 0 Å². The molecule has 0 saturated heterocycles. The summed E-state index contributed by atoms with van der Waals surface area (Å²) in [5.74, 6) is 0.649. The Labute approximate surface area is 138 Å². The van der Waals surface area contributed by atoms with E-state index in [9.17, 15) is 4.79 Å². The summed E-state index contributed by atoms with van der Waals surface area (Å²) in [6, 6.07) is 12.2. The summed E-state index contributed by atoms with van der Waals surface area (Å²) in [7, 11) is 0. The molecule has 1 N–H and O–H groups in total. The van der Waals surface area contributed by atoms with Gasteiger partial charge in [-0.15, -0.1) is 0 Å². The summed E-state index contributed by atoms with van der Waals surface area (Å²) >= 11 is 0. The summed E-state index contributed by atoms with van der Waals surface area (Å²) < 4.78 is 5.65. The van der Waals surface area contributed by atoms with Crippen molar-refractivity contribution < 1.29 is 9.53 Å². The summed E-state index contributed by atoms with van der Waals surface area (Å²) in [6.07, 6.45) is 0. The number of hydrogen-bond acceptors (Lipinski definition) is 2. The van der Waals surface area contributed by atoms with Gasteiger partial charge >= 0.3 is 0 Å². The SMILES string of the molecule is Cc1ccc(C)c(OCC(=O)NC(C)c2ccc(C)c(C)c2)c1. The number of amides is 1. The molecule has 0 fully saturated rings. The second kappa shape index (κ2) is 7.32. The fraction of sp³-hybridized carbons (Fsp3) is 0.350. The molecule has 3 nitrogen and oxygen atoms in total. The maximum Gasteiger partial charge on any atom is 0.258 e. The lowest BCUT2D eigenvalue weighted by Crippen LogP contribution is -2.31. The average Bonchev–Trinajstić information content (AvgIpc) is 2.50. The van der Waals surface area contributed by atoms with Crippen LogP contribution in [0.1, 0.15) is 40.8 Å². The number of aryl methyl sites for hydroxylation is 4. The minimum absolute atomic E-state index is 0.0273. The molecule has 0 radical (unpaired) electrons. The van der Waals surface area contributed by atoms with Gasteiger partial charge in [-0.1, -0.05) is 30.3 Å². The highest BCUT2D eigenvalue weighted by molar-refractivity contribution is 5.78.